The molecule has 3 aromatic heterocycles. The highest BCUT2D eigenvalue weighted by atomic mass is 16.5. The van der Waals surface area contributed by atoms with Crippen LogP contribution < -0.4 is 14.5 Å². The van der Waals surface area contributed by atoms with Crippen LogP contribution in [-0.2, 0) is 7.05 Å². The maximum Gasteiger partial charge on any atom is 0.170 e. The van der Waals surface area contributed by atoms with Gasteiger partial charge in [0, 0.05) is 40.3 Å². The van der Waals surface area contributed by atoms with E-state index in [1.54, 1.807) is 17.2 Å². The zero-order valence-electron chi connectivity index (χ0n) is 14.6. The number of hydrogen-bond acceptors (Lipinski definition) is 7. The van der Waals surface area contributed by atoms with Crippen LogP contribution in [0.1, 0.15) is 6.42 Å². The standard InChI is InChI=1S/C17H21N7O/c1-22(2)17-14(5-4-7-18-17)25-12-6-8-24(10-12)16-13-9-21-23(3)15(13)19-11-20-16/h4-5,7,9,11-12H,6,8,10H2,1-3H3/t12-/m1/s1. The average molecular weight is 339 g/mol. The molecule has 1 atom stereocenters. The van der Waals surface area contributed by atoms with Crippen molar-refractivity contribution >= 4 is 22.7 Å². The summed E-state index contributed by atoms with van der Waals surface area (Å²) in [5.74, 6) is 2.58. The second-order valence-electron chi connectivity index (χ2n) is 6.40. The summed E-state index contributed by atoms with van der Waals surface area (Å²) >= 11 is 0. The van der Waals surface area contributed by atoms with Crippen LogP contribution in [-0.4, -0.2) is 58.0 Å². The molecule has 0 aromatic carbocycles. The maximum atomic E-state index is 6.23. The zero-order chi connectivity index (χ0) is 17.4. The molecule has 1 aliphatic rings. The van der Waals surface area contributed by atoms with Gasteiger partial charge in [-0.1, -0.05) is 0 Å². The fourth-order valence-corrected chi connectivity index (χ4v) is 3.21. The normalized spacial score (nSPS) is 17.2. The van der Waals surface area contributed by atoms with Crippen LogP contribution in [0.2, 0.25) is 0 Å². The minimum atomic E-state index is 0.101. The molecule has 8 heteroatoms. The maximum absolute atomic E-state index is 6.23. The molecule has 1 aliphatic heterocycles. The van der Waals surface area contributed by atoms with Crippen LogP contribution in [0.3, 0.4) is 0 Å². The van der Waals surface area contributed by atoms with Gasteiger partial charge in [0.1, 0.15) is 18.2 Å². The topological polar surface area (TPSA) is 72.2 Å². The van der Waals surface area contributed by atoms with E-state index in [4.69, 9.17) is 4.74 Å². The number of pyridine rings is 1. The SMILES string of the molecule is CN(C)c1ncccc1O[C@@H]1CCN(c2ncnc3c2cnn3C)C1. The molecule has 0 N–H and O–H groups in total. The predicted octanol–water partition coefficient (Wildman–Crippen LogP) is 1.48. The summed E-state index contributed by atoms with van der Waals surface area (Å²) in [5, 5.41) is 5.26. The molecule has 0 unspecified atom stereocenters. The Hall–Kier alpha value is -2.90. The van der Waals surface area contributed by atoms with Gasteiger partial charge in [-0.05, 0) is 12.1 Å². The fraction of sp³-hybridized carbons (Fsp3) is 0.412. The summed E-state index contributed by atoms with van der Waals surface area (Å²) in [6.07, 6.45) is 6.24. The van der Waals surface area contributed by atoms with Gasteiger partial charge in [0.05, 0.1) is 18.1 Å². The van der Waals surface area contributed by atoms with Crippen LogP contribution in [0.15, 0.2) is 30.9 Å². The smallest absolute Gasteiger partial charge is 0.170 e. The van der Waals surface area contributed by atoms with Gasteiger partial charge < -0.3 is 14.5 Å². The van der Waals surface area contributed by atoms with Crippen LogP contribution in [0, 0.1) is 0 Å². The van der Waals surface area contributed by atoms with Crippen molar-refractivity contribution in [1.82, 2.24) is 24.7 Å². The third kappa shape index (κ3) is 2.84. The predicted molar refractivity (Wildman–Crippen MR) is 96.1 cm³/mol. The van der Waals surface area contributed by atoms with Crippen molar-refractivity contribution in [3.8, 4) is 5.75 Å². The lowest BCUT2D eigenvalue weighted by Gasteiger charge is -2.21. The van der Waals surface area contributed by atoms with Crippen molar-refractivity contribution in [3.63, 3.8) is 0 Å². The van der Waals surface area contributed by atoms with Crippen molar-refractivity contribution in [2.45, 2.75) is 12.5 Å². The Kier molecular flexibility index (Phi) is 3.87. The number of rotatable bonds is 4. The van der Waals surface area contributed by atoms with E-state index >= 15 is 0 Å². The van der Waals surface area contributed by atoms with Gasteiger partial charge in [-0.15, -0.1) is 0 Å². The number of ether oxygens (including phenoxy) is 1. The van der Waals surface area contributed by atoms with Gasteiger partial charge in [0.15, 0.2) is 17.2 Å². The van der Waals surface area contributed by atoms with Gasteiger partial charge in [0.25, 0.3) is 0 Å². The number of aryl methyl sites for hydroxylation is 1. The number of fused-ring (bicyclic) bond motifs is 1. The van der Waals surface area contributed by atoms with Crippen molar-refractivity contribution in [2.75, 3.05) is 37.0 Å². The monoisotopic (exact) mass is 339 g/mol. The van der Waals surface area contributed by atoms with Crippen molar-refractivity contribution in [3.05, 3.63) is 30.9 Å². The molecule has 3 aromatic rings. The van der Waals surface area contributed by atoms with Gasteiger partial charge in [-0.2, -0.15) is 5.10 Å². The van der Waals surface area contributed by atoms with Gasteiger partial charge in [0.2, 0.25) is 0 Å². The van der Waals surface area contributed by atoms with Gasteiger partial charge >= 0.3 is 0 Å². The van der Waals surface area contributed by atoms with Gasteiger partial charge in [-0.25, -0.2) is 15.0 Å². The largest absolute Gasteiger partial charge is 0.485 e. The van der Waals surface area contributed by atoms with E-state index in [0.717, 1.165) is 47.9 Å². The summed E-state index contributed by atoms with van der Waals surface area (Å²) < 4.78 is 7.99. The molecule has 1 fully saturated rings. The molecule has 8 nitrogen and oxygen atoms in total. The first-order valence-electron chi connectivity index (χ1n) is 8.30. The summed E-state index contributed by atoms with van der Waals surface area (Å²) in [4.78, 5) is 17.4. The van der Waals surface area contributed by atoms with Gasteiger partial charge in [-0.3, -0.25) is 4.68 Å². The Balaban J connectivity index is 1.54. The van der Waals surface area contributed by atoms with E-state index in [0.29, 0.717) is 0 Å². The number of hydrogen-bond donors (Lipinski definition) is 0. The number of nitrogens with zero attached hydrogens (tertiary/aromatic N) is 7. The average Bonchev–Trinajstić information content (AvgIpc) is 3.22. The Labute approximate surface area is 146 Å². The molecule has 4 heterocycles. The summed E-state index contributed by atoms with van der Waals surface area (Å²) in [7, 11) is 5.83. The lowest BCUT2D eigenvalue weighted by molar-refractivity contribution is 0.225. The molecular weight excluding hydrogens is 318 g/mol. The van der Waals surface area contributed by atoms with Crippen molar-refractivity contribution < 1.29 is 4.74 Å². The first kappa shape index (κ1) is 15.6. The number of anilines is 2. The Morgan fingerprint density at radius 1 is 1.24 bits per heavy atom. The third-order valence-electron chi connectivity index (χ3n) is 4.42. The molecule has 0 spiro atoms. The summed E-state index contributed by atoms with van der Waals surface area (Å²) in [5.41, 5.74) is 0.844. The van der Waals surface area contributed by atoms with E-state index < -0.39 is 0 Å². The summed E-state index contributed by atoms with van der Waals surface area (Å²) in [6.45, 7) is 1.67. The second-order valence-corrected chi connectivity index (χ2v) is 6.40. The van der Waals surface area contributed by atoms with Crippen LogP contribution in [0.4, 0.5) is 11.6 Å². The van der Waals surface area contributed by atoms with Crippen molar-refractivity contribution in [2.24, 2.45) is 7.05 Å². The van der Waals surface area contributed by atoms with Crippen LogP contribution in [0.5, 0.6) is 5.75 Å². The highest BCUT2D eigenvalue weighted by Gasteiger charge is 2.27. The first-order chi connectivity index (χ1) is 12.1. The fourth-order valence-electron chi connectivity index (χ4n) is 3.21. The Morgan fingerprint density at radius 3 is 2.96 bits per heavy atom. The van der Waals surface area contributed by atoms with Crippen LogP contribution in [0.25, 0.3) is 11.0 Å². The molecule has 0 saturated carbocycles. The molecule has 130 valence electrons. The summed E-state index contributed by atoms with van der Waals surface area (Å²) in [6, 6.07) is 3.87. The van der Waals surface area contributed by atoms with E-state index in [2.05, 4.69) is 25.0 Å². The molecule has 0 aliphatic carbocycles. The highest BCUT2D eigenvalue weighted by molar-refractivity contribution is 5.86. The van der Waals surface area contributed by atoms with E-state index in [-0.39, 0.29) is 6.10 Å². The molecule has 1 saturated heterocycles. The minimum Gasteiger partial charge on any atom is -0.485 e. The van der Waals surface area contributed by atoms with Crippen LogP contribution >= 0.6 is 0 Å². The van der Waals surface area contributed by atoms with E-state index in [9.17, 15) is 0 Å². The first-order valence-corrected chi connectivity index (χ1v) is 8.30. The Bertz CT molecular complexity index is 892. The quantitative estimate of drug-likeness (QED) is 0.713. The highest BCUT2D eigenvalue weighted by Crippen LogP contribution is 2.29. The second kappa shape index (κ2) is 6.19. The molecule has 25 heavy (non-hydrogen) atoms. The molecule has 0 amide bonds. The van der Waals surface area contributed by atoms with E-state index in [1.165, 1.54) is 0 Å². The minimum absolute atomic E-state index is 0.101. The van der Waals surface area contributed by atoms with E-state index in [1.807, 2.05) is 44.4 Å². The number of aromatic nitrogens is 5. The lowest BCUT2D eigenvalue weighted by atomic mass is 10.3. The molecule has 0 radical (unpaired) electrons. The third-order valence-corrected chi connectivity index (χ3v) is 4.42. The molecule has 0 bridgehead atoms. The zero-order valence-corrected chi connectivity index (χ0v) is 14.6. The lowest BCUT2D eigenvalue weighted by Crippen LogP contribution is -2.26. The Morgan fingerprint density at radius 2 is 2.12 bits per heavy atom. The van der Waals surface area contributed by atoms with Crippen molar-refractivity contribution in [1.29, 1.82) is 0 Å². The molecule has 4 rings (SSSR count). The molecular formula is C17H21N7O.